The van der Waals surface area contributed by atoms with E-state index in [-0.39, 0.29) is 11.9 Å². The Morgan fingerprint density at radius 1 is 1.32 bits per heavy atom. The fourth-order valence-electron chi connectivity index (χ4n) is 2.17. The number of carbonyl (C=O) groups is 1. The summed E-state index contributed by atoms with van der Waals surface area (Å²) in [6.45, 7) is 6.19. The van der Waals surface area contributed by atoms with Crippen LogP contribution in [0.2, 0.25) is 0 Å². The molecule has 1 aromatic heterocycles. The van der Waals surface area contributed by atoms with Gasteiger partial charge < -0.3 is 5.32 Å². The molecule has 1 atom stereocenters. The van der Waals surface area contributed by atoms with Gasteiger partial charge in [0.1, 0.15) is 0 Å². The minimum atomic E-state index is 0.0485. The van der Waals surface area contributed by atoms with Crippen LogP contribution in [0.1, 0.15) is 34.5 Å². The second-order valence-electron chi connectivity index (χ2n) is 4.91. The van der Waals surface area contributed by atoms with E-state index in [4.69, 9.17) is 0 Å². The van der Waals surface area contributed by atoms with Gasteiger partial charge in [0.2, 0.25) is 5.91 Å². The molecule has 0 unspecified atom stereocenters. The van der Waals surface area contributed by atoms with Gasteiger partial charge in [-0.1, -0.05) is 29.8 Å². The predicted octanol–water partition coefficient (Wildman–Crippen LogP) is 3.78. The SMILES string of the molecule is Cc1ccc(C)c([C@H](C)NC(=O)Cc2cccs2)c1. The lowest BCUT2D eigenvalue weighted by Gasteiger charge is -2.17. The molecule has 0 saturated heterocycles. The van der Waals surface area contributed by atoms with Crippen molar-refractivity contribution in [2.45, 2.75) is 33.2 Å². The summed E-state index contributed by atoms with van der Waals surface area (Å²) in [5.74, 6) is 0.0795. The van der Waals surface area contributed by atoms with Crippen LogP contribution in [0.3, 0.4) is 0 Å². The molecule has 100 valence electrons. The van der Waals surface area contributed by atoms with Crippen LogP contribution in [-0.4, -0.2) is 5.91 Å². The van der Waals surface area contributed by atoms with Gasteiger partial charge in [-0.2, -0.15) is 0 Å². The molecule has 1 N–H and O–H groups in total. The number of thiophene rings is 1. The Balaban J connectivity index is 2.02. The van der Waals surface area contributed by atoms with Crippen LogP contribution < -0.4 is 5.32 Å². The average molecular weight is 273 g/mol. The van der Waals surface area contributed by atoms with Gasteiger partial charge in [-0.15, -0.1) is 11.3 Å². The minimum Gasteiger partial charge on any atom is -0.349 e. The molecule has 0 radical (unpaired) electrons. The van der Waals surface area contributed by atoms with Crippen LogP contribution in [0.15, 0.2) is 35.7 Å². The highest BCUT2D eigenvalue weighted by molar-refractivity contribution is 7.10. The molecule has 19 heavy (non-hydrogen) atoms. The van der Waals surface area contributed by atoms with Crippen molar-refractivity contribution < 1.29 is 4.79 Å². The van der Waals surface area contributed by atoms with Crippen LogP contribution >= 0.6 is 11.3 Å². The van der Waals surface area contributed by atoms with Crippen LogP contribution in [0.4, 0.5) is 0 Å². The first-order chi connectivity index (χ1) is 9.06. The molecule has 3 heteroatoms. The van der Waals surface area contributed by atoms with E-state index in [1.165, 1.54) is 16.7 Å². The van der Waals surface area contributed by atoms with Gasteiger partial charge in [0, 0.05) is 4.88 Å². The number of amides is 1. The van der Waals surface area contributed by atoms with Crippen LogP contribution in [0.25, 0.3) is 0 Å². The van der Waals surface area contributed by atoms with Gasteiger partial charge in [0.25, 0.3) is 0 Å². The van der Waals surface area contributed by atoms with Gasteiger partial charge in [0.05, 0.1) is 12.5 Å². The summed E-state index contributed by atoms with van der Waals surface area (Å²) in [5.41, 5.74) is 3.63. The van der Waals surface area contributed by atoms with E-state index < -0.39 is 0 Å². The largest absolute Gasteiger partial charge is 0.349 e. The zero-order valence-corrected chi connectivity index (χ0v) is 12.4. The maximum atomic E-state index is 12.0. The fraction of sp³-hybridized carbons (Fsp3) is 0.312. The maximum absolute atomic E-state index is 12.0. The van der Waals surface area contributed by atoms with Gasteiger partial charge in [-0.25, -0.2) is 0 Å². The number of benzene rings is 1. The van der Waals surface area contributed by atoms with Crippen molar-refractivity contribution >= 4 is 17.2 Å². The monoisotopic (exact) mass is 273 g/mol. The lowest BCUT2D eigenvalue weighted by Crippen LogP contribution is -2.28. The Bertz CT molecular complexity index is 560. The number of carbonyl (C=O) groups excluding carboxylic acids is 1. The van der Waals surface area contributed by atoms with Crippen molar-refractivity contribution in [3.05, 3.63) is 57.3 Å². The molecule has 0 fully saturated rings. The molecule has 0 spiro atoms. The molecule has 0 bridgehead atoms. The Labute approximate surface area is 118 Å². The molecular formula is C16H19NOS. The van der Waals surface area contributed by atoms with Crippen LogP contribution in [-0.2, 0) is 11.2 Å². The third-order valence-electron chi connectivity index (χ3n) is 3.19. The molecule has 2 rings (SSSR count). The first-order valence-electron chi connectivity index (χ1n) is 6.45. The summed E-state index contributed by atoms with van der Waals surface area (Å²) < 4.78 is 0. The Morgan fingerprint density at radius 3 is 2.79 bits per heavy atom. The molecular weight excluding hydrogens is 254 g/mol. The molecule has 2 nitrogen and oxygen atoms in total. The third-order valence-corrected chi connectivity index (χ3v) is 4.07. The van der Waals surface area contributed by atoms with Crippen molar-refractivity contribution in [1.82, 2.24) is 5.32 Å². The van der Waals surface area contributed by atoms with Crippen molar-refractivity contribution in [2.75, 3.05) is 0 Å². The molecule has 1 heterocycles. The summed E-state index contributed by atoms with van der Waals surface area (Å²) in [7, 11) is 0. The van der Waals surface area contributed by atoms with Crippen molar-refractivity contribution in [1.29, 1.82) is 0 Å². The van der Waals surface area contributed by atoms with E-state index in [0.29, 0.717) is 6.42 Å². The van der Waals surface area contributed by atoms with Gasteiger partial charge in [0.15, 0.2) is 0 Å². The summed E-state index contributed by atoms with van der Waals surface area (Å²) >= 11 is 1.62. The lowest BCUT2D eigenvalue weighted by molar-refractivity contribution is -0.121. The van der Waals surface area contributed by atoms with E-state index in [1.54, 1.807) is 11.3 Å². The van der Waals surface area contributed by atoms with Crippen molar-refractivity contribution in [2.24, 2.45) is 0 Å². The van der Waals surface area contributed by atoms with Gasteiger partial charge >= 0.3 is 0 Å². The second-order valence-corrected chi connectivity index (χ2v) is 5.94. The van der Waals surface area contributed by atoms with E-state index in [0.717, 1.165) is 4.88 Å². The number of hydrogen-bond donors (Lipinski definition) is 1. The maximum Gasteiger partial charge on any atom is 0.225 e. The molecule has 0 aliphatic heterocycles. The third kappa shape index (κ3) is 3.67. The Hall–Kier alpha value is -1.61. The fourth-order valence-corrected chi connectivity index (χ4v) is 2.87. The standard InChI is InChI=1S/C16H19NOS/c1-11-6-7-12(2)15(9-11)13(3)17-16(18)10-14-5-4-8-19-14/h4-9,13H,10H2,1-3H3,(H,17,18)/t13-/m0/s1. The first-order valence-corrected chi connectivity index (χ1v) is 7.33. The zero-order chi connectivity index (χ0) is 13.8. The lowest BCUT2D eigenvalue weighted by atomic mass is 10.00. The summed E-state index contributed by atoms with van der Waals surface area (Å²) in [4.78, 5) is 13.1. The van der Waals surface area contributed by atoms with Crippen LogP contribution in [0.5, 0.6) is 0 Å². The second kappa shape index (κ2) is 6.02. The first kappa shape index (κ1) is 13.8. The van der Waals surface area contributed by atoms with Crippen molar-refractivity contribution in [3.8, 4) is 0 Å². The molecule has 0 aliphatic rings. The number of rotatable bonds is 4. The summed E-state index contributed by atoms with van der Waals surface area (Å²) in [6.07, 6.45) is 0.465. The van der Waals surface area contributed by atoms with E-state index in [9.17, 15) is 4.79 Å². The number of hydrogen-bond acceptors (Lipinski definition) is 2. The normalized spacial score (nSPS) is 12.2. The van der Waals surface area contributed by atoms with Crippen molar-refractivity contribution in [3.63, 3.8) is 0 Å². The smallest absolute Gasteiger partial charge is 0.225 e. The molecule has 1 aromatic carbocycles. The summed E-state index contributed by atoms with van der Waals surface area (Å²) in [5, 5.41) is 5.07. The van der Waals surface area contributed by atoms with Crippen LogP contribution in [0, 0.1) is 13.8 Å². The molecule has 0 saturated carbocycles. The highest BCUT2D eigenvalue weighted by atomic mass is 32.1. The van der Waals surface area contributed by atoms with E-state index >= 15 is 0 Å². The molecule has 2 aromatic rings. The highest BCUT2D eigenvalue weighted by Crippen LogP contribution is 2.19. The Kier molecular flexibility index (Phi) is 4.38. The number of nitrogens with one attached hydrogen (secondary N) is 1. The number of aryl methyl sites for hydroxylation is 2. The van der Waals surface area contributed by atoms with Gasteiger partial charge in [-0.3, -0.25) is 4.79 Å². The molecule has 0 aliphatic carbocycles. The highest BCUT2D eigenvalue weighted by Gasteiger charge is 2.12. The average Bonchev–Trinajstić information content (AvgIpc) is 2.84. The van der Waals surface area contributed by atoms with Gasteiger partial charge in [-0.05, 0) is 43.3 Å². The molecule has 1 amide bonds. The van der Waals surface area contributed by atoms with E-state index in [1.807, 2.05) is 24.4 Å². The predicted molar refractivity (Wildman–Crippen MR) is 80.5 cm³/mol. The quantitative estimate of drug-likeness (QED) is 0.902. The topological polar surface area (TPSA) is 29.1 Å². The Morgan fingerprint density at radius 2 is 2.11 bits per heavy atom. The van der Waals surface area contributed by atoms with E-state index in [2.05, 4.69) is 37.4 Å². The summed E-state index contributed by atoms with van der Waals surface area (Å²) in [6, 6.07) is 10.4. The zero-order valence-electron chi connectivity index (χ0n) is 11.6. The minimum absolute atomic E-state index is 0.0485.